The molecule has 1 saturated heterocycles. The van der Waals surface area contributed by atoms with E-state index in [2.05, 4.69) is 29.2 Å². The van der Waals surface area contributed by atoms with Crippen LogP contribution < -0.4 is 0 Å². The number of aromatic nitrogens is 2. The van der Waals surface area contributed by atoms with Gasteiger partial charge in [-0.05, 0) is 25.8 Å². The Morgan fingerprint density at radius 1 is 1.20 bits per heavy atom. The van der Waals surface area contributed by atoms with Gasteiger partial charge in [-0.25, -0.2) is 0 Å². The fourth-order valence-corrected chi connectivity index (χ4v) is 3.12. The zero-order chi connectivity index (χ0) is 17.8. The maximum absolute atomic E-state index is 12.4. The van der Waals surface area contributed by atoms with Crippen LogP contribution in [0.1, 0.15) is 38.6 Å². The van der Waals surface area contributed by atoms with Crippen molar-refractivity contribution in [3.05, 3.63) is 35.7 Å². The molecule has 2 unspecified atom stereocenters. The standard InChI is InChI=1S/C19H25N3O3/c1-4-15-5-7-16(8-6-15)19-20-17(25-21-19)9-10-18(23)22-11-13(2)24-14(3)12-22/h5-8,13-14H,4,9-12H2,1-3H3. The molecule has 1 aromatic carbocycles. The second-order valence-corrected chi connectivity index (χ2v) is 6.62. The number of rotatable bonds is 5. The number of hydrogen-bond acceptors (Lipinski definition) is 5. The zero-order valence-corrected chi connectivity index (χ0v) is 15.1. The molecule has 2 atom stereocenters. The van der Waals surface area contributed by atoms with Crippen LogP contribution in [-0.2, 0) is 22.4 Å². The lowest BCUT2D eigenvalue weighted by Crippen LogP contribution is -2.48. The normalized spacial score (nSPS) is 20.7. The molecular formula is C19H25N3O3. The van der Waals surface area contributed by atoms with E-state index in [1.54, 1.807) is 0 Å². The number of morpholine rings is 1. The summed E-state index contributed by atoms with van der Waals surface area (Å²) in [6.07, 6.45) is 1.98. The first-order chi connectivity index (χ1) is 12.0. The first-order valence-electron chi connectivity index (χ1n) is 8.90. The van der Waals surface area contributed by atoms with Crippen molar-refractivity contribution in [3.63, 3.8) is 0 Å². The van der Waals surface area contributed by atoms with Crippen LogP contribution in [-0.4, -0.2) is 46.2 Å². The second kappa shape index (κ2) is 7.78. The van der Waals surface area contributed by atoms with Crippen LogP contribution in [0, 0.1) is 0 Å². The summed E-state index contributed by atoms with van der Waals surface area (Å²) in [5.74, 6) is 1.17. The molecule has 2 heterocycles. The maximum atomic E-state index is 12.4. The Balaban J connectivity index is 1.57. The molecule has 6 nitrogen and oxygen atoms in total. The van der Waals surface area contributed by atoms with E-state index >= 15 is 0 Å². The van der Waals surface area contributed by atoms with Gasteiger partial charge in [0, 0.05) is 31.5 Å². The van der Waals surface area contributed by atoms with E-state index in [0.717, 1.165) is 12.0 Å². The van der Waals surface area contributed by atoms with E-state index in [9.17, 15) is 4.79 Å². The molecule has 1 fully saturated rings. The molecular weight excluding hydrogens is 318 g/mol. The minimum atomic E-state index is 0.0776. The van der Waals surface area contributed by atoms with Crippen molar-refractivity contribution in [1.82, 2.24) is 15.0 Å². The fourth-order valence-electron chi connectivity index (χ4n) is 3.12. The van der Waals surface area contributed by atoms with Crippen molar-refractivity contribution < 1.29 is 14.1 Å². The molecule has 0 spiro atoms. The third-order valence-corrected chi connectivity index (χ3v) is 4.41. The van der Waals surface area contributed by atoms with Crippen molar-refractivity contribution in [3.8, 4) is 11.4 Å². The van der Waals surface area contributed by atoms with Crippen molar-refractivity contribution in [2.75, 3.05) is 13.1 Å². The van der Waals surface area contributed by atoms with Crippen molar-refractivity contribution in [1.29, 1.82) is 0 Å². The van der Waals surface area contributed by atoms with E-state index in [1.807, 2.05) is 30.9 Å². The minimum Gasteiger partial charge on any atom is -0.372 e. The van der Waals surface area contributed by atoms with E-state index in [1.165, 1.54) is 5.56 Å². The first kappa shape index (κ1) is 17.6. The molecule has 2 aromatic rings. The summed E-state index contributed by atoms with van der Waals surface area (Å²) in [6, 6.07) is 8.12. The average Bonchev–Trinajstić information content (AvgIpc) is 3.08. The highest BCUT2D eigenvalue weighted by Gasteiger charge is 2.25. The third-order valence-electron chi connectivity index (χ3n) is 4.41. The molecule has 0 N–H and O–H groups in total. The minimum absolute atomic E-state index is 0.0776. The smallest absolute Gasteiger partial charge is 0.227 e. The van der Waals surface area contributed by atoms with Crippen molar-refractivity contribution in [2.24, 2.45) is 0 Å². The highest BCUT2D eigenvalue weighted by atomic mass is 16.5. The number of carbonyl (C=O) groups is 1. The zero-order valence-electron chi connectivity index (χ0n) is 15.1. The van der Waals surface area contributed by atoms with Crippen molar-refractivity contribution >= 4 is 5.91 Å². The largest absolute Gasteiger partial charge is 0.372 e. The van der Waals surface area contributed by atoms with Crippen LogP contribution in [0.25, 0.3) is 11.4 Å². The monoisotopic (exact) mass is 343 g/mol. The van der Waals surface area contributed by atoms with Gasteiger partial charge >= 0.3 is 0 Å². The van der Waals surface area contributed by atoms with Gasteiger partial charge in [0.05, 0.1) is 12.2 Å². The highest BCUT2D eigenvalue weighted by Crippen LogP contribution is 2.18. The molecule has 1 aliphatic heterocycles. The number of benzene rings is 1. The summed E-state index contributed by atoms with van der Waals surface area (Å²) in [7, 11) is 0. The Hall–Kier alpha value is -2.21. The number of ether oxygens (including phenoxy) is 1. The Morgan fingerprint density at radius 3 is 2.52 bits per heavy atom. The van der Waals surface area contributed by atoms with Crippen LogP contribution in [0.2, 0.25) is 0 Å². The summed E-state index contributed by atoms with van der Waals surface area (Å²) >= 11 is 0. The second-order valence-electron chi connectivity index (χ2n) is 6.62. The van der Waals surface area contributed by atoms with Crippen LogP contribution in [0.15, 0.2) is 28.8 Å². The van der Waals surface area contributed by atoms with Crippen LogP contribution in [0.5, 0.6) is 0 Å². The quantitative estimate of drug-likeness (QED) is 0.835. The molecule has 1 amide bonds. The van der Waals surface area contributed by atoms with E-state index in [4.69, 9.17) is 9.26 Å². The summed E-state index contributed by atoms with van der Waals surface area (Å²) in [6.45, 7) is 7.38. The number of nitrogens with zero attached hydrogens (tertiary/aromatic N) is 3. The molecule has 0 aliphatic carbocycles. The topological polar surface area (TPSA) is 68.5 Å². The predicted octanol–water partition coefficient (Wildman–Crippen LogP) is 2.87. The summed E-state index contributed by atoms with van der Waals surface area (Å²) in [4.78, 5) is 18.7. The third kappa shape index (κ3) is 4.45. The van der Waals surface area contributed by atoms with Crippen molar-refractivity contribution in [2.45, 2.75) is 52.2 Å². The van der Waals surface area contributed by atoms with E-state index < -0.39 is 0 Å². The maximum Gasteiger partial charge on any atom is 0.227 e. The van der Waals surface area contributed by atoms with Gasteiger partial charge in [-0.3, -0.25) is 4.79 Å². The SMILES string of the molecule is CCc1ccc(-c2noc(CCC(=O)N3CC(C)OC(C)C3)n2)cc1. The number of aryl methyl sites for hydroxylation is 2. The highest BCUT2D eigenvalue weighted by molar-refractivity contribution is 5.76. The Kier molecular flexibility index (Phi) is 5.48. The van der Waals surface area contributed by atoms with Crippen LogP contribution in [0.4, 0.5) is 0 Å². The molecule has 0 radical (unpaired) electrons. The molecule has 1 aliphatic rings. The number of hydrogen-bond donors (Lipinski definition) is 0. The number of carbonyl (C=O) groups excluding carboxylic acids is 1. The van der Waals surface area contributed by atoms with E-state index in [-0.39, 0.29) is 18.1 Å². The summed E-state index contributed by atoms with van der Waals surface area (Å²) in [5.41, 5.74) is 2.20. The first-order valence-corrected chi connectivity index (χ1v) is 8.90. The fraction of sp³-hybridized carbons (Fsp3) is 0.526. The molecule has 134 valence electrons. The Labute approximate surface area is 148 Å². The van der Waals surface area contributed by atoms with Gasteiger partial charge in [-0.2, -0.15) is 4.98 Å². The van der Waals surface area contributed by atoms with Gasteiger partial charge in [-0.1, -0.05) is 36.3 Å². The Bertz CT molecular complexity index is 701. The molecule has 3 rings (SSSR count). The molecule has 0 bridgehead atoms. The Morgan fingerprint density at radius 2 is 1.88 bits per heavy atom. The van der Waals surface area contributed by atoms with Crippen LogP contribution >= 0.6 is 0 Å². The molecule has 25 heavy (non-hydrogen) atoms. The van der Waals surface area contributed by atoms with Gasteiger partial charge < -0.3 is 14.2 Å². The van der Waals surface area contributed by atoms with Gasteiger partial charge in [0.25, 0.3) is 0 Å². The number of amides is 1. The van der Waals surface area contributed by atoms with Crippen LogP contribution in [0.3, 0.4) is 0 Å². The van der Waals surface area contributed by atoms with Gasteiger partial charge in [0.1, 0.15) is 0 Å². The molecule has 1 aromatic heterocycles. The van der Waals surface area contributed by atoms with E-state index in [0.29, 0.717) is 37.6 Å². The lowest BCUT2D eigenvalue weighted by Gasteiger charge is -2.35. The molecule has 6 heteroatoms. The van der Waals surface area contributed by atoms with Gasteiger partial charge in [0.15, 0.2) is 0 Å². The average molecular weight is 343 g/mol. The predicted molar refractivity (Wildman–Crippen MR) is 94.0 cm³/mol. The van der Waals surface area contributed by atoms with Gasteiger partial charge in [-0.15, -0.1) is 0 Å². The lowest BCUT2D eigenvalue weighted by atomic mass is 10.1. The lowest BCUT2D eigenvalue weighted by molar-refractivity contribution is -0.143. The van der Waals surface area contributed by atoms with Gasteiger partial charge in [0.2, 0.25) is 17.6 Å². The summed E-state index contributed by atoms with van der Waals surface area (Å²) in [5, 5.41) is 4.03. The summed E-state index contributed by atoms with van der Waals surface area (Å²) < 4.78 is 11.0. The molecule has 0 saturated carbocycles.